The van der Waals surface area contributed by atoms with Crippen molar-refractivity contribution in [2.24, 2.45) is 0 Å². The number of carbonyl (C=O) groups is 3. The fourth-order valence-corrected chi connectivity index (χ4v) is 3.99. The van der Waals surface area contributed by atoms with Crippen LogP contribution in [0.25, 0.3) is 22.8 Å². The first-order valence-electron chi connectivity index (χ1n) is 12.1. The Kier molecular flexibility index (Phi) is 7.26. The number of oxazole rings is 1. The summed E-state index contributed by atoms with van der Waals surface area (Å²) in [6.45, 7) is 0.0521. The van der Waals surface area contributed by atoms with Gasteiger partial charge in [0.25, 0.3) is 17.4 Å². The maximum absolute atomic E-state index is 12.6. The van der Waals surface area contributed by atoms with Crippen LogP contribution in [0, 0.1) is 11.3 Å². The number of nitrogens with zero attached hydrogens (tertiary/aromatic N) is 2. The van der Waals surface area contributed by atoms with E-state index in [0.29, 0.717) is 28.7 Å². The Bertz CT molecular complexity index is 1570. The van der Waals surface area contributed by atoms with Gasteiger partial charge in [0.15, 0.2) is 5.76 Å². The Morgan fingerprint density at radius 3 is 2.02 bits per heavy atom. The van der Waals surface area contributed by atoms with Gasteiger partial charge in [0, 0.05) is 24.7 Å². The molecule has 1 aliphatic rings. The number of ether oxygens (including phenoxy) is 3. The number of amides is 4. The second-order valence-electron chi connectivity index (χ2n) is 8.73. The molecule has 3 aromatic carbocycles. The predicted molar refractivity (Wildman–Crippen MR) is 140 cm³/mol. The summed E-state index contributed by atoms with van der Waals surface area (Å²) in [5.74, 6) is 0.548. The van der Waals surface area contributed by atoms with Crippen molar-refractivity contribution in [2.45, 2.75) is 12.0 Å². The monoisotopic (exact) mass is 538 g/mol. The number of benzene rings is 3. The smallest absolute Gasteiger partial charge is 0.328 e. The van der Waals surface area contributed by atoms with E-state index in [1.807, 2.05) is 12.1 Å². The lowest BCUT2D eigenvalue weighted by Crippen LogP contribution is -2.69. The quantitative estimate of drug-likeness (QED) is 0.299. The van der Waals surface area contributed by atoms with E-state index in [2.05, 4.69) is 21.7 Å². The van der Waals surface area contributed by atoms with Crippen LogP contribution in [0.1, 0.15) is 12.0 Å². The average Bonchev–Trinajstić information content (AvgIpc) is 3.46. The fraction of sp³-hybridized carbons (Fsp3) is 0.138. The molecule has 0 radical (unpaired) electrons. The summed E-state index contributed by atoms with van der Waals surface area (Å²) in [4.78, 5) is 41.0. The van der Waals surface area contributed by atoms with Crippen molar-refractivity contribution in [3.63, 3.8) is 0 Å². The van der Waals surface area contributed by atoms with Gasteiger partial charge < -0.3 is 18.6 Å². The molecule has 0 unspecified atom stereocenters. The Morgan fingerprint density at radius 2 is 1.43 bits per heavy atom. The molecule has 2 N–H and O–H groups in total. The largest absolute Gasteiger partial charge is 0.467 e. The number of nitriles is 1. The molecule has 4 aromatic rings. The van der Waals surface area contributed by atoms with Crippen LogP contribution in [-0.2, 0) is 14.3 Å². The summed E-state index contributed by atoms with van der Waals surface area (Å²) in [6.07, 6.45) is 1.53. The SMILES string of the molecule is COCCC1(Oc2ccc(Oc3ccc(-c4ncc(-c5ccc(C#N)cc5)o4)cc3)cc2)C(=O)NC(=O)NC1=O. The Hall–Kier alpha value is -5.47. The maximum Gasteiger partial charge on any atom is 0.328 e. The van der Waals surface area contributed by atoms with Crippen molar-refractivity contribution < 1.29 is 33.0 Å². The van der Waals surface area contributed by atoms with Gasteiger partial charge in [0.1, 0.15) is 17.2 Å². The van der Waals surface area contributed by atoms with Gasteiger partial charge >= 0.3 is 6.03 Å². The maximum atomic E-state index is 12.6. The highest BCUT2D eigenvalue weighted by molar-refractivity contribution is 6.21. The number of aromatic nitrogens is 1. The molecule has 2 heterocycles. The van der Waals surface area contributed by atoms with E-state index in [-0.39, 0.29) is 18.8 Å². The van der Waals surface area contributed by atoms with E-state index in [0.717, 1.165) is 11.1 Å². The van der Waals surface area contributed by atoms with Crippen molar-refractivity contribution in [3.05, 3.63) is 84.6 Å². The van der Waals surface area contributed by atoms with Crippen molar-refractivity contribution >= 4 is 17.8 Å². The number of imide groups is 2. The lowest BCUT2D eigenvalue weighted by atomic mass is 9.95. The number of rotatable bonds is 9. The molecule has 5 rings (SSSR count). The number of nitrogens with one attached hydrogen (secondary N) is 2. The third kappa shape index (κ3) is 5.38. The first-order valence-corrected chi connectivity index (χ1v) is 12.1. The van der Waals surface area contributed by atoms with Crippen LogP contribution in [0.4, 0.5) is 4.79 Å². The molecule has 1 fully saturated rings. The zero-order valence-corrected chi connectivity index (χ0v) is 21.2. The van der Waals surface area contributed by atoms with Crippen LogP contribution in [0.3, 0.4) is 0 Å². The summed E-state index contributed by atoms with van der Waals surface area (Å²) in [5.41, 5.74) is 0.170. The number of methoxy groups -OCH3 is 1. The summed E-state index contributed by atoms with van der Waals surface area (Å²) in [7, 11) is 1.43. The first kappa shape index (κ1) is 26.1. The second kappa shape index (κ2) is 11.1. The third-order valence-corrected chi connectivity index (χ3v) is 6.10. The molecule has 0 spiro atoms. The highest BCUT2D eigenvalue weighted by atomic mass is 16.5. The zero-order valence-electron chi connectivity index (χ0n) is 21.2. The van der Waals surface area contributed by atoms with Crippen LogP contribution >= 0.6 is 0 Å². The number of hydrogen-bond donors (Lipinski definition) is 2. The normalized spacial score (nSPS) is 14.2. The van der Waals surface area contributed by atoms with E-state index >= 15 is 0 Å². The van der Waals surface area contributed by atoms with Crippen molar-refractivity contribution in [1.82, 2.24) is 15.6 Å². The molecule has 11 heteroatoms. The van der Waals surface area contributed by atoms with Crippen LogP contribution in [0.2, 0.25) is 0 Å². The van der Waals surface area contributed by atoms with Gasteiger partial charge in [-0.15, -0.1) is 0 Å². The van der Waals surface area contributed by atoms with Crippen LogP contribution in [-0.4, -0.2) is 42.1 Å². The number of hydrogen-bond acceptors (Lipinski definition) is 9. The second-order valence-corrected chi connectivity index (χ2v) is 8.73. The van der Waals surface area contributed by atoms with Crippen molar-refractivity contribution in [2.75, 3.05) is 13.7 Å². The summed E-state index contributed by atoms with van der Waals surface area (Å²) in [6, 6.07) is 21.7. The number of urea groups is 1. The van der Waals surface area contributed by atoms with Gasteiger partial charge in [0.05, 0.1) is 24.4 Å². The van der Waals surface area contributed by atoms with E-state index < -0.39 is 23.4 Å². The fourth-order valence-electron chi connectivity index (χ4n) is 3.99. The molecule has 1 aliphatic heterocycles. The Balaban J connectivity index is 1.25. The highest BCUT2D eigenvalue weighted by Crippen LogP contribution is 2.31. The molecular formula is C29H22N4O7. The minimum Gasteiger partial charge on any atom is -0.467 e. The number of barbiturate groups is 1. The van der Waals surface area contributed by atoms with Gasteiger partial charge in [-0.3, -0.25) is 20.2 Å². The van der Waals surface area contributed by atoms with Gasteiger partial charge in [-0.25, -0.2) is 9.78 Å². The summed E-state index contributed by atoms with van der Waals surface area (Å²) < 4.78 is 22.6. The Labute approximate surface area is 228 Å². The average molecular weight is 539 g/mol. The summed E-state index contributed by atoms with van der Waals surface area (Å²) in [5, 5.41) is 13.1. The Morgan fingerprint density at radius 1 is 0.850 bits per heavy atom. The standard InChI is InChI=1S/C29H22N4O7/c1-37-15-14-29(26(34)32-28(36)33-27(29)35)40-23-12-10-22(11-13-23)38-21-8-6-20(7-9-21)25-31-17-24(39-25)19-4-2-18(16-30)3-5-19/h2-13,17H,14-15H2,1H3,(H2,32,33,34,35,36). The highest BCUT2D eigenvalue weighted by Gasteiger charge is 2.52. The van der Waals surface area contributed by atoms with Gasteiger partial charge in [-0.1, -0.05) is 0 Å². The minimum absolute atomic E-state index is 0.0521. The molecule has 0 bridgehead atoms. The lowest BCUT2D eigenvalue weighted by Gasteiger charge is -2.34. The third-order valence-electron chi connectivity index (χ3n) is 6.10. The molecule has 0 atom stereocenters. The van der Waals surface area contributed by atoms with Gasteiger partial charge in [-0.2, -0.15) is 5.26 Å². The molecule has 0 aliphatic carbocycles. The van der Waals surface area contributed by atoms with Gasteiger partial charge in [0.2, 0.25) is 5.89 Å². The number of carbonyl (C=O) groups excluding carboxylic acids is 3. The zero-order chi connectivity index (χ0) is 28.1. The molecular weight excluding hydrogens is 516 g/mol. The predicted octanol–water partition coefficient (Wildman–Crippen LogP) is 4.19. The minimum atomic E-state index is -1.96. The first-order chi connectivity index (χ1) is 19.4. The lowest BCUT2D eigenvalue weighted by molar-refractivity contribution is -0.153. The van der Waals surface area contributed by atoms with Crippen LogP contribution in [0.15, 0.2) is 83.4 Å². The van der Waals surface area contributed by atoms with Crippen LogP contribution < -0.4 is 20.1 Å². The molecule has 40 heavy (non-hydrogen) atoms. The van der Waals surface area contributed by atoms with Crippen molar-refractivity contribution in [1.29, 1.82) is 5.26 Å². The molecule has 0 saturated carbocycles. The molecule has 1 saturated heterocycles. The van der Waals surface area contributed by atoms with E-state index in [1.165, 1.54) is 7.11 Å². The molecule has 4 amide bonds. The van der Waals surface area contributed by atoms with E-state index in [4.69, 9.17) is 23.9 Å². The van der Waals surface area contributed by atoms with Crippen molar-refractivity contribution in [3.8, 4) is 46.1 Å². The van der Waals surface area contributed by atoms with Gasteiger partial charge in [-0.05, 0) is 72.8 Å². The van der Waals surface area contributed by atoms with E-state index in [9.17, 15) is 14.4 Å². The van der Waals surface area contributed by atoms with Crippen LogP contribution in [0.5, 0.6) is 17.2 Å². The molecule has 1 aromatic heterocycles. The topological polar surface area (TPSA) is 153 Å². The van der Waals surface area contributed by atoms with E-state index in [1.54, 1.807) is 66.9 Å². The molecule has 11 nitrogen and oxygen atoms in total. The summed E-state index contributed by atoms with van der Waals surface area (Å²) >= 11 is 0. The molecule has 200 valence electrons.